The van der Waals surface area contributed by atoms with Crippen molar-refractivity contribution in [1.82, 2.24) is 19.8 Å². The van der Waals surface area contributed by atoms with Crippen molar-refractivity contribution >= 4 is 27.9 Å². The molecule has 2 aromatic heterocycles. The summed E-state index contributed by atoms with van der Waals surface area (Å²) in [5.74, 6) is 0.528. The Hall–Kier alpha value is -2.48. The van der Waals surface area contributed by atoms with E-state index in [2.05, 4.69) is 20.6 Å². The second-order valence-corrected chi connectivity index (χ2v) is 7.04. The molecule has 0 aliphatic rings. The number of carbonyl (C=O) groups is 1. The SMILES string of the molecule is COc1ccc(-c2nn3cnnc3s2)cc1NC(=O)C(C)(C)C. The van der Waals surface area contributed by atoms with Gasteiger partial charge in [-0.3, -0.25) is 4.79 Å². The van der Waals surface area contributed by atoms with Gasteiger partial charge in [0.25, 0.3) is 0 Å². The number of benzene rings is 1. The maximum absolute atomic E-state index is 12.2. The summed E-state index contributed by atoms with van der Waals surface area (Å²) in [6.07, 6.45) is 1.56. The van der Waals surface area contributed by atoms with Crippen LogP contribution in [0.25, 0.3) is 15.5 Å². The molecule has 0 unspecified atom stereocenters. The van der Waals surface area contributed by atoms with Crippen LogP contribution in [0.3, 0.4) is 0 Å². The molecule has 0 atom stereocenters. The van der Waals surface area contributed by atoms with Crippen LogP contribution < -0.4 is 10.1 Å². The van der Waals surface area contributed by atoms with Crippen LogP contribution in [-0.4, -0.2) is 32.8 Å². The molecule has 8 heteroatoms. The highest BCUT2D eigenvalue weighted by Crippen LogP contribution is 2.33. The lowest BCUT2D eigenvalue weighted by Gasteiger charge is -2.19. The molecule has 3 aromatic rings. The fourth-order valence-electron chi connectivity index (χ4n) is 1.93. The zero-order valence-corrected chi connectivity index (χ0v) is 14.1. The Bertz CT molecular complexity index is 834. The molecule has 23 heavy (non-hydrogen) atoms. The lowest BCUT2D eigenvalue weighted by Crippen LogP contribution is -2.27. The number of aromatic nitrogens is 4. The summed E-state index contributed by atoms with van der Waals surface area (Å²) >= 11 is 1.43. The van der Waals surface area contributed by atoms with Crippen molar-refractivity contribution in [3.63, 3.8) is 0 Å². The summed E-state index contributed by atoms with van der Waals surface area (Å²) in [6, 6.07) is 5.57. The summed E-state index contributed by atoms with van der Waals surface area (Å²) in [5.41, 5.74) is 1.01. The summed E-state index contributed by atoms with van der Waals surface area (Å²) in [5, 5.41) is 15.9. The van der Waals surface area contributed by atoms with Crippen LogP contribution in [-0.2, 0) is 4.79 Å². The van der Waals surface area contributed by atoms with Gasteiger partial charge >= 0.3 is 0 Å². The van der Waals surface area contributed by atoms with Gasteiger partial charge < -0.3 is 10.1 Å². The molecule has 0 fully saturated rings. The number of nitrogens with one attached hydrogen (secondary N) is 1. The Morgan fingerprint density at radius 2 is 2.13 bits per heavy atom. The lowest BCUT2D eigenvalue weighted by atomic mass is 9.95. The van der Waals surface area contributed by atoms with Gasteiger partial charge in [0.1, 0.15) is 17.1 Å². The highest BCUT2D eigenvalue weighted by atomic mass is 32.1. The first-order valence-corrected chi connectivity index (χ1v) is 7.87. The number of carbonyl (C=O) groups excluding carboxylic acids is 1. The van der Waals surface area contributed by atoms with Gasteiger partial charge in [-0.05, 0) is 18.2 Å². The molecule has 0 radical (unpaired) electrons. The molecule has 1 aromatic carbocycles. The van der Waals surface area contributed by atoms with Gasteiger partial charge in [0.15, 0.2) is 0 Å². The topological polar surface area (TPSA) is 81.4 Å². The van der Waals surface area contributed by atoms with E-state index in [-0.39, 0.29) is 5.91 Å². The summed E-state index contributed by atoms with van der Waals surface area (Å²) < 4.78 is 6.96. The average molecular weight is 331 g/mol. The number of hydrogen-bond acceptors (Lipinski definition) is 6. The quantitative estimate of drug-likeness (QED) is 0.798. The first kappa shape index (κ1) is 15.4. The standard InChI is InChI=1S/C15H17N5O2S/c1-15(2,3)13(21)17-10-7-9(5-6-11(10)22-4)12-19-20-8-16-18-14(20)23-12/h5-8H,1-4H3,(H,17,21). The molecule has 0 aliphatic carbocycles. The maximum Gasteiger partial charge on any atom is 0.234 e. The largest absolute Gasteiger partial charge is 0.495 e. The summed E-state index contributed by atoms with van der Waals surface area (Å²) in [6.45, 7) is 5.59. The minimum absolute atomic E-state index is 0.0777. The monoisotopic (exact) mass is 331 g/mol. The second-order valence-electron chi connectivity index (χ2n) is 6.08. The van der Waals surface area contributed by atoms with E-state index in [0.717, 1.165) is 15.5 Å². The van der Waals surface area contributed by atoms with Crippen molar-refractivity contribution in [3.05, 3.63) is 24.5 Å². The molecule has 2 heterocycles. The Kier molecular flexibility index (Phi) is 3.77. The van der Waals surface area contributed by atoms with Crippen molar-refractivity contribution in [1.29, 1.82) is 0 Å². The zero-order chi connectivity index (χ0) is 16.6. The highest BCUT2D eigenvalue weighted by Gasteiger charge is 2.22. The van der Waals surface area contributed by atoms with Crippen molar-refractivity contribution in [3.8, 4) is 16.3 Å². The predicted octanol–water partition coefficient (Wildman–Crippen LogP) is 2.85. The van der Waals surface area contributed by atoms with Gasteiger partial charge in [0.05, 0.1) is 12.8 Å². The normalized spacial score (nSPS) is 11.7. The molecule has 0 spiro atoms. The molecule has 0 aliphatic heterocycles. The molecule has 1 N–H and O–H groups in total. The van der Waals surface area contributed by atoms with Crippen LogP contribution >= 0.6 is 11.3 Å². The molecule has 1 amide bonds. The van der Waals surface area contributed by atoms with Gasteiger partial charge in [0, 0.05) is 11.0 Å². The lowest BCUT2D eigenvalue weighted by molar-refractivity contribution is -0.123. The zero-order valence-electron chi connectivity index (χ0n) is 13.3. The Morgan fingerprint density at radius 3 is 2.78 bits per heavy atom. The molecular weight excluding hydrogens is 314 g/mol. The number of rotatable bonds is 3. The van der Waals surface area contributed by atoms with E-state index < -0.39 is 5.41 Å². The number of hydrogen-bond donors (Lipinski definition) is 1. The minimum atomic E-state index is -0.492. The fraction of sp³-hybridized carbons (Fsp3) is 0.333. The van der Waals surface area contributed by atoms with Crippen molar-refractivity contribution in [2.75, 3.05) is 12.4 Å². The highest BCUT2D eigenvalue weighted by molar-refractivity contribution is 7.19. The number of methoxy groups -OCH3 is 1. The summed E-state index contributed by atoms with van der Waals surface area (Å²) in [4.78, 5) is 13.0. The van der Waals surface area contributed by atoms with Gasteiger partial charge in [-0.25, -0.2) is 0 Å². The molecule has 0 saturated heterocycles. The van der Waals surface area contributed by atoms with Crippen LogP contribution in [0.5, 0.6) is 5.75 Å². The fourth-order valence-corrected chi connectivity index (χ4v) is 2.74. The average Bonchev–Trinajstić information content (AvgIpc) is 3.07. The van der Waals surface area contributed by atoms with E-state index in [9.17, 15) is 4.79 Å². The van der Waals surface area contributed by atoms with Crippen LogP contribution in [0.15, 0.2) is 24.5 Å². The first-order valence-electron chi connectivity index (χ1n) is 7.05. The van der Waals surface area contributed by atoms with E-state index in [0.29, 0.717) is 11.4 Å². The van der Waals surface area contributed by atoms with Crippen LogP contribution in [0.4, 0.5) is 5.69 Å². The van der Waals surface area contributed by atoms with E-state index in [1.165, 1.54) is 11.3 Å². The van der Waals surface area contributed by atoms with E-state index in [4.69, 9.17) is 4.74 Å². The number of nitrogens with zero attached hydrogens (tertiary/aromatic N) is 4. The molecular formula is C15H17N5O2S. The third kappa shape index (κ3) is 3.02. The van der Waals surface area contributed by atoms with Crippen molar-refractivity contribution < 1.29 is 9.53 Å². The molecule has 0 saturated carbocycles. The van der Waals surface area contributed by atoms with E-state index >= 15 is 0 Å². The number of amides is 1. The third-order valence-electron chi connectivity index (χ3n) is 3.26. The predicted molar refractivity (Wildman–Crippen MR) is 88.7 cm³/mol. The van der Waals surface area contributed by atoms with Crippen molar-refractivity contribution in [2.24, 2.45) is 5.41 Å². The number of ether oxygens (including phenoxy) is 1. The van der Waals surface area contributed by atoms with Crippen LogP contribution in [0, 0.1) is 5.41 Å². The van der Waals surface area contributed by atoms with Crippen molar-refractivity contribution in [2.45, 2.75) is 20.8 Å². The van der Waals surface area contributed by atoms with E-state index in [1.54, 1.807) is 18.0 Å². The van der Waals surface area contributed by atoms with Gasteiger partial charge in [-0.2, -0.15) is 9.61 Å². The van der Waals surface area contributed by atoms with Gasteiger partial charge in [-0.15, -0.1) is 10.2 Å². The van der Waals surface area contributed by atoms with Crippen LogP contribution in [0.2, 0.25) is 0 Å². The molecule has 0 bridgehead atoms. The number of anilines is 1. The third-order valence-corrected chi connectivity index (χ3v) is 4.22. The Balaban J connectivity index is 1.98. The summed E-state index contributed by atoms with van der Waals surface area (Å²) in [7, 11) is 1.57. The maximum atomic E-state index is 12.2. The van der Waals surface area contributed by atoms with Gasteiger partial charge in [-0.1, -0.05) is 32.1 Å². The smallest absolute Gasteiger partial charge is 0.234 e. The Labute approximate surface area is 137 Å². The van der Waals surface area contributed by atoms with E-state index in [1.807, 2.05) is 39.0 Å². The first-order chi connectivity index (χ1) is 10.9. The van der Waals surface area contributed by atoms with Crippen LogP contribution in [0.1, 0.15) is 20.8 Å². The molecule has 120 valence electrons. The number of fused-ring (bicyclic) bond motifs is 1. The Morgan fingerprint density at radius 1 is 1.35 bits per heavy atom. The molecule has 7 nitrogen and oxygen atoms in total. The minimum Gasteiger partial charge on any atom is -0.495 e. The van der Waals surface area contributed by atoms with Gasteiger partial charge in [0.2, 0.25) is 10.9 Å². The second kappa shape index (κ2) is 5.62. The molecule has 3 rings (SSSR count).